The zero-order valence-electron chi connectivity index (χ0n) is 11.9. The van der Waals surface area contributed by atoms with Crippen LogP contribution in [0.4, 0.5) is 5.69 Å². The zero-order chi connectivity index (χ0) is 18.5. The Morgan fingerprint density at radius 3 is 1.76 bits per heavy atom. The summed E-state index contributed by atoms with van der Waals surface area (Å²) in [6.45, 7) is 0. The largest absolute Gasteiger partial charge is 0.274 e. The van der Waals surface area contributed by atoms with Crippen LogP contribution in [0.1, 0.15) is 0 Å². The number of fused-ring (bicyclic) bond motifs is 5. The Bertz CT molecular complexity index is 838. The van der Waals surface area contributed by atoms with Crippen LogP contribution in [-0.2, 0) is 9.59 Å². The van der Waals surface area contributed by atoms with E-state index in [0.29, 0.717) is 10.7 Å². The third-order valence-corrected chi connectivity index (χ3v) is 9.47. The molecule has 4 atom stereocenters. The molecule has 3 aliphatic rings. The molecule has 1 saturated carbocycles. The van der Waals surface area contributed by atoms with Gasteiger partial charge in [-0.3, -0.25) is 9.59 Å². The normalized spacial score (nSPS) is 38.8. The van der Waals surface area contributed by atoms with Gasteiger partial charge in [-0.15, -0.1) is 23.2 Å². The summed E-state index contributed by atoms with van der Waals surface area (Å²) in [4.78, 5) is 23.5. The van der Waals surface area contributed by atoms with E-state index in [1.165, 1.54) is 6.07 Å². The lowest BCUT2D eigenvalue weighted by atomic mass is 9.84. The maximum absolute atomic E-state index is 13.1. The molecule has 10 heteroatoms. The topological polar surface area (TPSA) is 37.4 Å². The first-order valence-electron chi connectivity index (χ1n) is 6.96. The van der Waals surface area contributed by atoms with Gasteiger partial charge in [0.1, 0.15) is 9.75 Å². The molecule has 0 aromatic heterocycles. The number of imide groups is 1. The first kappa shape index (κ1) is 18.5. The van der Waals surface area contributed by atoms with Crippen molar-refractivity contribution in [2.24, 2.45) is 11.8 Å². The average Bonchev–Trinajstić information content (AvgIpc) is 2.92. The summed E-state index contributed by atoms with van der Waals surface area (Å²) in [6.07, 6.45) is 0. The number of hydrogen-bond donors (Lipinski definition) is 0. The van der Waals surface area contributed by atoms with Crippen molar-refractivity contribution in [3.63, 3.8) is 0 Å². The zero-order valence-corrected chi connectivity index (χ0v) is 17.2. The van der Waals surface area contributed by atoms with Gasteiger partial charge in [-0.2, -0.15) is 0 Å². The summed E-state index contributed by atoms with van der Waals surface area (Å²) < 4.78 is -1.93. The second-order valence-electron chi connectivity index (χ2n) is 6.07. The number of nitrogens with zero attached hydrogens (tertiary/aromatic N) is 1. The van der Waals surface area contributed by atoms with Crippen LogP contribution in [0, 0.1) is 11.8 Å². The summed E-state index contributed by atoms with van der Waals surface area (Å²) in [7, 11) is 0. The van der Waals surface area contributed by atoms with E-state index in [1.54, 1.807) is 18.2 Å². The number of halogens is 7. The van der Waals surface area contributed by atoms with E-state index in [2.05, 4.69) is 0 Å². The van der Waals surface area contributed by atoms with Crippen molar-refractivity contribution in [2.45, 2.75) is 14.1 Å². The Kier molecular flexibility index (Phi) is 3.96. The van der Waals surface area contributed by atoms with E-state index in [0.717, 1.165) is 4.90 Å². The van der Waals surface area contributed by atoms with Crippen LogP contribution >= 0.6 is 81.2 Å². The standard InChI is InChI=1S/C15H6Cl7NO2/c16-5-2-1-3-6(4-5)23-11(24)7-8(12(23)25)14(20)10(18)9(17)13(7,19)15(14,21)22/h1-4,7-8H. The molecule has 25 heavy (non-hydrogen) atoms. The summed E-state index contributed by atoms with van der Waals surface area (Å²) in [5.41, 5.74) is 0.291. The smallest absolute Gasteiger partial charge is 0.240 e. The molecule has 1 saturated heterocycles. The first-order chi connectivity index (χ1) is 11.5. The molecule has 1 aliphatic heterocycles. The maximum atomic E-state index is 13.1. The number of anilines is 1. The molecular weight excluding hydrogens is 474 g/mol. The van der Waals surface area contributed by atoms with Crippen LogP contribution in [-0.4, -0.2) is 25.9 Å². The Labute approximate surface area is 177 Å². The lowest BCUT2D eigenvalue weighted by molar-refractivity contribution is -0.123. The Morgan fingerprint density at radius 2 is 1.32 bits per heavy atom. The van der Waals surface area contributed by atoms with Crippen LogP contribution in [0.2, 0.25) is 5.02 Å². The lowest BCUT2D eigenvalue weighted by Crippen LogP contribution is -2.50. The van der Waals surface area contributed by atoms with E-state index in [-0.39, 0.29) is 10.1 Å². The third kappa shape index (κ3) is 1.84. The fourth-order valence-electron chi connectivity index (χ4n) is 3.86. The molecular formula is C15H6Cl7NO2. The number of amides is 2. The van der Waals surface area contributed by atoms with Gasteiger partial charge in [0, 0.05) is 5.02 Å². The molecule has 0 N–H and O–H groups in total. The maximum Gasteiger partial charge on any atom is 0.240 e. The second kappa shape index (κ2) is 5.35. The van der Waals surface area contributed by atoms with Crippen LogP contribution in [0.5, 0.6) is 0 Å². The minimum Gasteiger partial charge on any atom is -0.274 e. The highest BCUT2D eigenvalue weighted by atomic mass is 35.5. The molecule has 4 unspecified atom stereocenters. The SMILES string of the molecule is O=C1C2C(C(=O)N1c1cccc(Cl)c1)C1(Cl)C(Cl)=C(Cl)C2(Cl)C1(Cl)Cl. The van der Waals surface area contributed by atoms with Crippen molar-refractivity contribution >= 4 is 98.7 Å². The number of hydrogen-bond acceptors (Lipinski definition) is 2. The van der Waals surface area contributed by atoms with Crippen LogP contribution < -0.4 is 4.90 Å². The molecule has 2 fully saturated rings. The van der Waals surface area contributed by atoms with E-state index in [4.69, 9.17) is 81.2 Å². The molecule has 132 valence electrons. The van der Waals surface area contributed by atoms with Gasteiger partial charge in [0.05, 0.1) is 27.6 Å². The van der Waals surface area contributed by atoms with Gasteiger partial charge in [-0.25, -0.2) is 4.90 Å². The molecule has 4 rings (SSSR count). The molecule has 2 bridgehead atoms. The quantitative estimate of drug-likeness (QED) is 0.405. The predicted molar refractivity (Wildman–Crippen MR) is 101 cm³/mol. The molecule has 0 spiro atoms. The van der Waals surface area contributed by atoms with Gasteiger partial charge in [0.15, 0.2) is 4.33 Å². The Hall–Kier alpha value is 0.130. The second-order valence-corrected chi connectivity index (χ2v) is 9.79. The molecule has 1 aromatic rings. The number of carbonyl (C=O) groups is 2. The first-order valence-corrected chi connectivity index (χ1v) is 9.61. The lowest BCUT2D eigenvalue weighted by Gasteiger charge is -2.34. The minimum atomic E-state index is -1.93. The number of carbonyl (C=O) groups excluding carboxylic acids is 2. The van der Waals surface area contributed by atoms with Crippen LogP contribution in [0.3, 0.4) is 0 Å². The summed E-state index contributed by atoms with van der Waals surface area (Å²) in [5, 5.41) is 0.120. The van der Waals surface area contributed by atoms with Crippen molar-refractivity contribution in [3.05, 3.63) is 39.4 Å². The van der Waals surface area contributed by atoms with Crippen molar-refractivity contribution in [1.82, 2.24) is 0 Å². The molecule has 0 radical (unpaired) electrons. The minimum absolute atomic E-state index is 0.119. The van der Waals surface area contributed by atoms with Gasteiger partial charge in [0.2, 0.25) is 11.8 Å². The van der Waals surface area contributed by atoms with Crippen LogP contribution in [0.15, 0.2) is 34.3 Å². The fourth-order valence-corrected chi connectivity index (χ4v) is 6.98. The Balaban J connectivity index is 1.92. The monoisotopic (exact) mass is 477 g/mol. The van der Waals surface area contributed by atoms with Crippen molar-refractivity contribution in [1.29, 1.82) is 0 Å². The van der Waals surface area contributed by atoms with Gasteiger partial charge in [-0.1, -0.05) is 64.1 Å². The van der Waals surface area contributed by atoms with Gasteiger partial charge in [-0.05, 0) is 18.2 Å². The number of allylic oxidation sites excluding steroid dienone is 2. The highest BCUT2D eigenvalue weighted by Gasteiger charge is 2.87. The van der Waals surface area contributed by atoms with E-state index in [9.17, 15) is 9.59 Å². The molecule has 2 amide bonds. The highest BCUT2D eigenvalue weighted by Crippen LogP contribution is 2.77. The Morgan fingerprint density at radius 1 is 0.840 bits per heavy atom. The summed E-state index contributed by atoms with van der Waals surface area (Å²) >= 11 is 44.5. The molecule has 1 aromatic carbocycles. The molecule has 2 aliphatic carbocycles. The number of benzene rings is 1. The van der Waals surface area contributed by atoms with E-state index < -0.39 is 37.7 Å². The predicted octanol–water partition coefficient (Wildman–Crippen LogP) is 5.29. The van der Waals surface area contributed by atoms with Gasteiger partial charge >= 0.3 is 0 Å². The van der Waals surface area contributed by atoms with Gasteiger partial charge < -0.3 is 0 Å². The van der Waals surface area contributed by atoms with E-state index >= 15 is 0 Å². The molecule has 3 nitrogen and oxygen atoms in total. The third-order valence-electron chi connectivity index (χ3n) is 4.98. The van der Waals surface area contributed by atoms with Crippen molar-refractivity contribution < 1.29 is 9.59 Å². The fraction of sp³-hybridized carbons (Fsp3) is 0.333. The van der Waals surface area contributed by atoms with Gasteiger partial charge in [0.25, 0.3) is 0 Å². The van der Waals surface area contributed by atoms with Crippen LogP contribution in [0.25, 0.3) is 0 Å². The van der Waals surface area contributed by atoms with E-state index in [1.807, 2.05) is 0 Å². The summed E-state index contributed by atoms with van der Waals surface area (Å²) in [6, 6.07) is 6.27. The molecule has 1 heterocycles. The van der Waals surface area contributed by atoms with Crippen molar-refractivity contribution in [3.8, 4) is 0 Å². The highest BCUT2D eigenvalue weighted by molar-refractivity contribution is 6.67. The number of alkyl halides is 4. The average molecular weight is 480 g/mol. The summed E-state index contributed by atoms with van der Waals surface area (Å²) in [5.74, 6) is -3.52. The number of rotatable bonds is 1. The van der Waals surface area contributed by atoms with Crippen molar-refractivity contribution in [2.75, 3.05) is 4.90 Å².